The first-order valence-corrected chi connectivity index (χ1v) is 13.2. The lowest BCUT2D eigenvalue weighted by Gasteiger charge is -2.28. The number of H-pyrrole nitrogens is 1. The maximum absolute atomic E-state index is 14.0. The van der Waals surface area contributed by atoms with Gasteiger partial charge < -0.3 is 19.5 Å². The van der Waals surface area contributed by atoms with Crippen molar-refractivity contribution >= 4 is 33.6 Å². The lowest BCUT2D eigenvalue weighted by molar-refractivity contribution is -0.123. The van der Waals surface area contributed by atoms with E-state index in [-0.39, 0.29) is 24.2 Å². The lowest BCUT2D eigenvalue weighted by Crippen LogP contribution is -2.49. The van der Waals surface area contributed by atoms with E-state index in [2.05, 4.69) is 46.1 Å². The number of fused-ring (bicyclic) bond motifs is 2. The zero-order valence-corrected chi connectivity index (χ0v) is 22.6. The predicted octanol–water partition coefficient (Wildman–Crippen LogP) is 4.81. The van der Waals surface area contributed by atoms with Gasteiger partial charge in [0.25, 0.3) is 5.91 Å². The third-order valence-corrected chi connectivity index (χ3v) is 7.50. The Balaban J connectivity index is 1.58. The van der Waals surface area contributed by atoms with Crippen LogP contribution in [-0.4, -0.2) is 64.8 Å². The summed E-state index contributed by atoms with van der Waals surface area (Å²) in [5.74, 6) is -0.629. The molecule has 1 aliphatic heterocycles. The van der Waals surface area contributed by atoms with Crippen molar-refractivity contribution in [2.45, 2.75) is 19.3 Å². The molecule has 2 aromatic heterocycles. The van der Waals surface area contributed by atoms with Crippen LogP contribution in [-0.2, 0) is 14.9 Å². The van der Waals surface area contributed by atoms with Gasteiger partial charge in [-0.3, -0.25) is 14.7 Å². The highest BCUT2D eigenvalue weighted by Gasteiger charge is 2.32. The van der Waals surface area contributed by atoms with Gasteiger partial charge in [-0.1, -0.05) is 26.0 Å². The second kappa shape index (κ2) is 9.91. The first-order chi connectivity index (χ1) is 19.3. The fourth-order valence-corrected chi connectivity index (χ4v) is 5.72. The Labute approximate surface area is 230 Å². The van der Waals surface area contributed by atoms with Crippen LogP contribution in [0.3, 0.4) is 0 Å². The van der Waals surface area contributed by atoms with Gasteiger partial charge in [-0.05, 0) is 54.1 Å². The summed E-state index contributed by atoms with van der Waals surface area (Å²) in [5.41, 5.74) is 5.68. The summed E-state index contributed by atoms with van der Waals surface area (Å²) in [5, 5.41) is 12.0. The Bertz CT molecular complexity index is 1740. The van der Waals surface area contributed by atoms with Crippen LogP contribution in [0, 0.1) is 5.82 Å². The molecule has 3 aromatic carbocycles. The number of nitrogens with one attached hydrogen (secondary N) is 2. The highest BCUT2D eigenvalue weighted by Crippen LogP contribution is 2.44. The van der Waals surface area contributed by atoms with Crippen LogP contribution in [0.4, 0.5) is 4.39 Å². The van der Waals surface area contributed by atoms with Gasteiger partial charge in [0, 0.05) is 58.9 Å². The maximum Gasteiger partial charge on any atom is 0.254 e. The molecule has 2 N–H and O–H groups in total. The van der Waals surface area contributed by atoms with E-state index in [0.29, 0.717) is 25.3 Å². The minimum absolute atomic E-state index is 0.0568. The van der Waals surface area contributed by atoms with Crippen LogP contribution in [0.15, 0.2) is 66.9 Å². The summed E-state index contributed by atoms with van der Waals surface area (Å²) in [4.78, 5) is 26.5. The first-order valence-electron chi connectivity index (χ1n) is 13.2. The molecule has 0 atom stereocenters. The van der Waals surface area contributed by atoms with Crippen molar-refractivity contribution in [1.82, 2.24) is 25.0 Å². The van der Waals surface area contributed by atoms with Gasteiger partial charge in [-0.15, -0.1) is 0 Å². The highest BCUT2D eigenvalue weighted by atomic mass is 19.1. The van der Waals surface area contributed by atoms with Gasteiger partial charge in [0.15, 0.2) is 0 Å². The Kier molecular flexibility index (Phi) is 6.38. The molecule has 0 radical (unpaired) electrons. The molecule has 1 fully saturated rings. The highest BCUT2D eigenvalue weighted by molar-refractivity contribution is 6.06. The molecule has 9 heteroatoms. The van der Waals surface area contributed by atoms with Crippen LogP contribution in [0.25, 0.3) is 38.6 Å². The number of carbonyl (C=O) groups excluding carboxylic acids is 2. The Morgan fingerprint density at radius 3 is 2.55 bits per heavy atom. The zero-order valence-electron chi connectivity index (χ0n) is 22.6. The van der Waals surface area contributed by atoms with E-state index in [0.717, 1.165) is 44.3 Å². The summed E-state index contributed by atoms with van der Waals surface area (Å²) in [6.07, 6.45) is 1.79. The van der Waals surface area contributed by atoms with Crippen molar-refractivity contribution in [2.75, 3.05) is 33.4 Å². The number of ether oxygens (including phenoxy) is 1. The molecule has 0 aliphatic carbocycles. The average Bonchev–Trinajstić information content (AvgIpc) is 3.54. The third-order valence-electron chi connectivity index (χ3n) is 7.50. The molecule has 204 valence electrons. The molecule has 1 saturated heterocycles. The van der Waals surface area contributed by atoms with Crippen LogP contribution >= 0.6 is 0 Å². The molecular formula is C31H30FN5O3. The van der Waals surface area contributed by atoms with Crippen LogP contribution < -0.4 is 5.32 Å². The fourth-order valence-electron chi connectivity index (χ4n) is 5.72. The number of aromatic amines is 1. The van der Waals surface area contributed by atoms with E-state index in [1.807, 2.05) is 24.3 Å². The van der Waals surface area contributed by atoms with Gasteiger partial charge in [0.05, 0.1) is 30.4 Å². The van der Waals surface area contributed by atoms with Crippen LogP contribution in [0.2, 0.25) is 0 Å². The number of halogens is 1. The smallest absolute Gasteiger partial charge is 0.254 e. The summed E-state index contributed by atoms with van der Waals surface area (Å²) in [6, 6.07) is 18.2. The van der Waals surface area contributed by atoms with E-state index < -0.39 is 5.41 Å². The molecule has 2 amide bonds. The second-order valence-corrected chi connectivity index (χ2v) is 10.8. The summed E-state index contributed by atoms with van der Waals surface area (Å²) < 4.78 is 21.8. The van der Waals surface area contributed by atoms with Gasteiger partial charge >= 0.3 is 0 Å². The van der Waals surface area contributed by atoms with E-state index in [1.54, 1.807) is 30.3 Å². The average molecular weight is 540 g/mol. The number of amides is 2. The van der Waals surface area contributed by atoms with Crippen LogP contribution in [0.1, 0.15) is 29.9 Å². The third kappa shape index (κ3) is 4.42. The Morgan fingerprint density at radius 1 is 1.10 bits per heavy atom. The molecule has 5 aromatic rings. The predicted molar refractivity (Wildman–Crippen MR) is 152 cm³/mol. The van der Waals surface area contributed by atoms with Gasteiger partial charge in [0.1, 0.15) is 5.82 Å². The van der Waals surface area contributed by atoms with Crippen molar-refractivity contribution in [3.8, 4) is 16.8 Å². The van der Waals surface area contributed by atoms with E-state index in [9.17, 15) is 14.0 Å². The van der Waals surface area contributed by atoms with E-state index >= 15 is 0 Å². The molecule has 40 heavy (non-hydrogen) atoms. The number of aromatic nitrogens is 3. The molecular weight excluding hydrogens is 509 g/mol. The molecule has 3 heterocycles. The Hall–Kier alpha value is -4.50. The normalized spacial score (nSPS) is 14.2. The summed E-state index contributed by atoms with van der Waals surface area (Å²) in [7, 11) is 1.68. The lowest BCUT2D eigenvalue weighted by atomic mass is 9.84. The number of rotatable bonds is 6. The minimum Gasteiger partial charge on any atom is -0.384 e. The molecule has 0 bridgehead atoms. The molecule has 8 nitrogen and oxygen atoms in total. The molecule has 0 unspecified atom stereocenters. The quantitative estimate of drug-likeness (QED) is 0.324. The number of hydrogen-bond donors (Lipinski definition) is 2. The Morgan fingerprint density at radius 2 is 1.85 bits per heavy atom. The summed E-state index contributed by atoms with van der Waals surface area (Å²) >= 11 is 0. The van der Waals surface area contributed by atoms with Crippen molar-refractivity contribution < 1.29 is 18.7 Å². The number of benzene rings is 3. The molecule has 1 aliphatic rings. The first kappa shape index (κ1) is 25.8. The summed E-state index contributed by atoms with van der Waals surface area (Å²) in [6.45, 7) is 5.69. The molecule has 6 rings (SSSR count). The zero-order chi connectivity index (χ0) is 28.0. The van der Waals surface area contributed by atoms with E-state index in [4.69, 9.17) is 4.74 Å². The number of carbonyl (C=O) groups is 2. The SMILES string of the molecule is COCC(C)(C)c1c(-c2ccc(C(=O)N3CCNC(=O)C3)cc2)c2cc3[nH]ncc3cc2n1-c1ccc(F)cc1. The maximum atomic E-state index is 14.0. The standard InChI is InChI=1S/C31H30FN5O3/c1-31(2,18-40-3)29-28(19-4-6-20(7-5-19)30(39)36-13-12-33-27(38)17-36)24-15-25-21(16-34-35-25)14-26(24)37(29)23-10-8-22(32)9-11-23/h4-11,14-16H,12-13,17-18H2,1-3H3,(H,33,38)(H,34,35). The van der Waals surface area contributed by atoms with Gasteiger partial charge in [0.2, 0.25) is 5.91 Å². The topological polar surface area (TPSA) is 92.2 Å². The fraction of sp³-hybridized carbons (Fsp3) is 0.258. The van der Waals surface area contributed by atoms with Crippen molar-refractivity contribution in [3.63, 3.8) is 0 Å². The number of hydrogen-bond acceptors (Lipinski definition) is 4. The molecule has 0 saturated carbocycles. The van der Waals surface area contributed by atoms with Gasteiger partial charge in [-0.2, -0.15) is 5.10 Å². The van der Waals surface area contributed by atoms with Crippen molar-refractivity contribution in [1.29, 1.82) is 0 Å². The number of methoxy groups -OCH3 is 1. The minimum atomic E-state index is -0.445. The van der Waals surface area contributed by atoms with Crippen LogP contribution in [0.5, 0.6) is 0 Å². The van der Waals surface area contributed by atoms with Crippen molar-refractivity contribution in [2.24, 2.45) is 0 Å². The largest absolute Gasteiger partial charge is 0.384 e. The van der Waals surface area contributed by atoms with Crippen molar-refractivity contribution in [3.05, 3.63) is 83.9 Å². The number of piperazine rings is 1. The second-order valence-electron chi connectivity index (χ2n) is 10.8. The monoisotopic (exact) mass is 539 g/mol. The molecule has 0 spiro atoms. The number of nitrogens with zero attached hydrogens (tertiary/aromatic N) is 3. The van der Waals surface area contributed by atoms with Gasteiger partial charge in [-0.25, -0.2) is 4.39 Å². The van der Waals surface area contributed by atoms with E-state index in [1.165, 1.54) is 12.1 Å².